The normalized spacial score (nSPS) is 11.3. The molecule has 0 radical (unpaired) electrons. The second-order valence-electron chi connectivity index (χ2n) is 4.40. The van der Waals surface area contributed by atoms with Crippen LogP contribution in [0.1, 0.15) is 13.8 Å². The smallest absolute Gasteiger partial charge is 0.243 e. The maximum atomic E-state index is 12.6. The summed E-state index contributed by atoms with van der Waals surface area (Å²) in [5.74, 6) is 0.416. The molecule has 0 spiro atoms. The molecule has 0 aliphatic heterocycles. The molecule has 22 heavy (non-hydrogen) atoms. The molecular formula is C14H22N2O5S. The second-order valence-corrected chi connectivity index (χ2v) is 6.34. The van der Waals surface area contributed by atoms with Crippen molar-refractivity contribution in [2.45, 2.75) is 18.7 Å². The van der Waals surface area contributed by atoms with Crippen molar-refractivity contribution >= 4 is 15.9 Å². The molecule has 0 fully saturated rings. The summed E-state index contributed by atoms with van der Waals surface area (Å²) in [7, 11) is -0.882. The van der Waals surface area contributed by atoms with Crippen LogP contribution in [0.2, 0.25) is 0 Å². The van der Waals surface area contributed by atoms with Gasteiger partial charge in [-0.3, -0.25) is 4.79 Å². The first-order valence-electron chi connectivity index (χ1n) is 6.89. The molecule has 8 heteroatoms. The van der Waals surface area contributed by atoms with Crippen LogP contribution >= 0.6 is 0 Å². The Balaban J connectivity index is 3.13. The van der Waals surface area contributed by atoms with Crippen molar-refractivity contribution in [3.05, 3.63) is 18.2 Å². The van der Waals surface area contributed by atoms with Crippen LogP contribution in [0.3, 0.4) is 0 Å². The van der Waals surface area contributed by atoms with Crippen LogP contribution in [0.25, 0.3) is 0 Å². The summed E-state index contributed by atoms with van der Waals surface area (Å²) >= 11 is 0. The fraction of sp³-hybridized carbons (Fsp3) is 0.500. The van der Waals surface area contributed by atoms with E-state index in [-0.39, 0.29) is 23.9 Å². The molecule has 0 saturated carbocycles. The largest absolute Gasteiger partial charge is 0.493 e. The molecule has 0 bridgehead atoms. The van der Waals surface area contributed by atoms with E-state index < -0.39 is 10.0 Å². The number of carbonyl (C=O) groups is 1. The van der Waals surface area contributed by atoms with E-state index in [1.807, 2.05) is 0 Å². The van der Waals surface area contributed by atoms with Crippen molar-refractivity contribution in [2.24, 2.45) is 0 Å². The van der Waals surface area contributed by atoms with Gasteiger partial charge in [-0.25, -0.2) is 8.42 Å². The standard InChI is InChI=1S/C14H22N2O5S/c1-5-15-14(17)10-16(6-2)22(18,19)11-7-8-12(20-3)13(9-11)21-4/h7-9H,5-6,10H2,1-4H3,(H,15,17). The lowest BCUT2D eigenvalue weighted by molar-refractivity contribution is -0.121. The van der Waals surface area contributed by atoms with Gasteiger partial charge in [0.15, 0.2) is 11.5 Å². The van der Waals surface area contributed by atoms with Gasteiger partial charge in [0.05, 0.1) is 25.7 Å². The Hall–Kier alpha value is -1.80. The Labute approximate surface area is 131 Å². The van der Waals surface area contributed by atoms with Crippen molar-refractivity contribution < 1.29 is 22.7 Å². The van der Waals surface area contributed by atoms with Gasteiger partial charge in [-0.2, -0.15) is 4.31 Å². The number of likely N-dealkylation sites (N-methyl/N-ethyl adjacent to an activating group) is 2. The van der Waals surface area contributed by atoms with Gasteiger partial charge in [-0.15, -0.1) is 0 Å². The molecule has 0 aromatic heterocycles. The molecule has 124 valence electrons. The fourth-order valence-electron chi connectivity index (χ4n) is 1.91. The summed E-state index contributed by atoms with van der Waals surface area (Å²) in [6.45, 7) is 3.87. The molecule has 1 rings (SSSR count). The predicted octanol–water partition coefficient (Wildman–Crippen LogP) is 0.851. The monoisotopic (exact) mass is 330 g/mol. The summed E-state index contributed by atoms with van der Waals surface area (Å²) in [6.07, 6.45) is 0. The number of carbonyl (C=O) groups excluding carboxylic acids is 1. The molecule has 0 heterocycles. The highest BCUT2D eigenvalue weighted by Crippen LogP contribution is 2.30. The molecular weight excluding hydrogens is 308 g/mol. The zero-order valence-electron chi connectivity index (χ0n) is 13.3. The first kappa shape index (κ1) is 18.2. The zero-order valence-corrected chi connectivity index (χ0v) is 14.1. The van der Waals surface area contributed by atoms with E-state index >= 15 is 0 Å². The lowest BCUT2D eigenvalue weighted by Gasteiger charge is -2.20. The minimum Gasteiger partial charge on any atom is -0.493 e. The number of rotatable bonds is 8. The lowest BCUT2D eigenvalue weighted by atomic mass is 10.3. The first-order valence-corrected chi connectivity index (χ1v) is 8.33. The first-order chi connectivity index (χ1) is 10.4. The number of sulfonamides is 1. The Morgan fingerprint density at radius 1 is 1.18 bits per heavy atom. The van der Waals surface area contributed by atoms with E-state index in [2.05, 4.69) is 5.32 Å². The van der Waals surface area contributed by atoms with Gasteiger partial charge < -0.3 is 14.8 Å². The molecule has 1 aromatic rings. The highest BCUT2D eigenvalue weighted by atomic mass is 32.2. The van der Waals surface area contributed by atoms with E-state index in [9.17, 15) is 13.2 Å². The van der Waals surface area contributed by atoms with Gasteiger partial charge in [0, 0.05) is 19.2 Å². The number of hydrogen-bond donors (Lipinski definition) is 1. The number of amides is 1. The summed E-state index contributed by atoms with van der Waals surface area (Å²) in [5, 5.41) is 2.58. The topological polar surface area (TPSA) is 84.9 Å². The van der Waals surface area contributed by atoms with E-state index in [1.54, 1.807) is 13.8 Å². The Kier molecular flexibility index (Phi) is 6.63. The van der Waals surface area contributed by atoms with Gasteiger partial charge in [0.2, 0.25) is 15.9 Å². The minimum absolute atomic E-state index is 0.0521. The van der Waals surface area contributed by atoms with Gasteiger partial charge in [-0.05, 0) is 19.1 Å². The molecule has 0 atom stereocenters. The Morgan fingerprint density at radius 3 is 2.32 bits per heavy atom. The Bertz CT molecular complexity index is 616. The van der Waals surface area contributed by atoms with Crippen molar-refractivity contribution in [1.29, 1.82) is 0 Å². The number of nitrogens with one attached hydrogen (secondary N) is 1. The van der Waals surface area contributed by atoms with E-state index in [0.29, 0.717) is 18.0 Å². The summed E-state index contributed by atoms with van der Waals surface area (Å²) in [5.41, 5.74) is 0. The minimum atomic E-state index is -3.79. The van der Waals surface area contributed by atoms with Crippen LogP contribution in [0, 0.1) is 0 Å². The van der Waals surface area contributed by atoms with Crippen LogP contribution in [-0.2, 0) is 14.8 Å². The lowest BCUT2D eigenvalue weighted by Crippen LogP contribution is -2.40. The average Bonchev–Trinajstić information content (AvgIpc) is 2.51. The number of methoxy groups -OCH3 is 2. The maximum absolute atomic E-state index is 12.6. The van der Waals surface area contributed by atoms with Crippen LogP contribution in [0.5, 0.6) is 11.5 Å². The van der Waals surface area contributed by atoms with Crippen LogP contribution in [-0.4, -0.2) is 52.5 Å². The van der Waals surface area contributed by atoms with Crippen molar-refractivity contribution in [1.82, 2.24) is 9.62 Å². The van der Waals surface area contributed by atoms with Crippen LogP contribution < -0.4 is 14.8 Å². The summed E-state index contributed by atoms with van der Waals surface area (Å²) in [6, 6.07) is 4.33. The zero-order chi connectivity index (χ0) is 16.8. The number of benzene rings is 1. The molecule has 0 aliphatic rings. The van der Waals surface area contributed by atoms with E-state index in [0.717, 1.165) is 4.31 Å². The quantitative estimate of drug-likeness (QED) is 0.764. The summed E-state index contributed by atoms with van der Waals surface area (Å²) in [4.78, 5) is 11.7. The molecule has 0 unspecified atom stereocenters. The van der Waals surface area contributed by atoms with Crippen LogP contribution in [0.4, 0.5) is 0 Å². The van der Waals surface area contributed by atoms with Gasteiger partial charge in [-0.1, -0.05) is 6.92 Å². The summed E-state index contributed by atoms with van der Waals surface area (Å²) < 4.78 is 36.6. The van der Waals surface area contributed by atoms with Gasteiger partial charge in [0.25, 0.3) is 0 Å². The fourth-order valence-corrected chi connectivity index (χ4v) is 3.33. The molecule has 0 saturated heterocycles. The van der Waals surface area contributed by atoms with Crippen molar-refractivity contribution in [2.75, 3.05) is 33.9 Å². The van der Waals surface area contributed by atoms with Crippen molar-refractivity contribution in [3.8, 4) is 11.5 Å². The van der Waals surface area contributed by atoms with Crippen LogP contribution in [0.15, 0.2) is 23.1 Å². The van der Waals surface area contributed by atoms with Gasteiger partial charge >= 0.3 is 0 Å². The third-order valence-corrected chi connectivity index (χ3v) is 4.96. The molecule has 0 aliphatic carbocycles. The predicted molar refractivity (Wildman–Crippen MR) is 82.7 cm³/mol. The SMILES string of the molecule is CCNC(=O)CN(CC)S(=O)(=O)c1ccc(OC)c(OC)c1. The molecule has 7 nitrogen and oxygen atoms in total. The Morgan fingerprint density at radius 2 is 1.82 bits per heavy atom. The third-order valence-electron chi connectivity index (χ3n) is 3.04. The number of ether oxygens (including phenoxy) is 2. The second kappa shape index (κ2) is 8.00. The number of hydrogen-bond acceptors (Lipinski definition) is 5. The highest BCUT2D eigenvalue weighted by molar-refractivity contribution is 7.89. The number of nitrogens with zero attached hydrogens (tertiary/aromatic N) is 1. The van der Waals surface area contributed by atoms with Crippen molar-refractivity contribution in [3.63, 3.8) is 0 Å². The molecule has 1 N–H and O–H groups in total. The molecule has 1 aromatic carbocycles. The van der Waals surface area contributed by atoms with Gasteiger partial charge in [0.1, 0.15) is 0 Å². The third kappa shape index (κ3) is 4.11. The van der Waals surface area contributed by atoms with E-state index in [4.69, 9.17) is 9.47 Å². The average molecular weight is 330 g/mol. The molecule has 1 amide bonds. The van der Waals surface area contributed by atoms with E-state index in [1.165, 1.54) is 32.4 Å². The highest BCUT2D eigenvalue weighted by Gasteiger charge is 2.26. The maximum Gasteiger partial charge on any atom is 0.243 e.